The quantitative estimate of drug-likeness (QED) is 0.585. The number of hydrogen-bond acceptors (Lipinski definition) is 8. The Balaban J connectivity index is 1.68. The van der Waals surface area contributed by atoms with E-state index in [0.717, 1.165) is 16.9 Å². The van der Waals surface area contributed by atoms with Gasteiger partial charge < -0.3 is 33.9 Å². The highest BCUT2D eigenvalue weighted by Gasteiger charge is 2.69. The summed E-state index contributed by atoms with van der Waals surface area (Å²) in [6, 6.07) is 12.8. The van der Waals surface area contributed by atoms with Crippen LogP contribution in [0.5, 0.6) is 5.75 Å². The van der Waals surface area contributed by atoms with Crippen LogP contribution in [0.1, 0.15) is 30.5 Å². The molecule has 2 N–H and O–H groups in total. The first-order chi connectivity index (χ1) is 15.7. The van der Waals surface area contributed by atoms with Gasteiger partial charge in [0.15, 0.2) is 12.2 Å². The van der Waals surface area contributed by atoms with Crippen molar-refractivity contribution in [1.29, 1.82) is 0 Å². The summed E-state index contributed by atoms with van der Waals surface area (Å²) in [5.74, 6) is -3.20. The maximum absolute atomic E-state index is 11.6. The fourth-order valence-corrected chi connectivity index (χ4v) is 4.51. The Bertz CT molecular complexity index is 1010. The zero-order chi connectivity index (χ0) is 23.8. The third kappa shape index (κ3) is 4.23. The Morgan fingerprint density at radius 2 is 1.91 bits per heavy atom. The first-order valence-electron chi connectivity index (χ1n) is 10.7. The summed E-state index contributed by atoms with van der Waals surface area (Å²) < 4.78 is 28.1. The molecule has 5 unspecified atom stereocenters. The number of ether oxygens (including phenoxy) is 5. The number of esters is 1. The van der Waals surface area contributed by atoms with Gasteiger partial charge in [0.25, 0.3) is 0 Å². The Hall–Kier alpha value is -2.20. The molecule has 5 atom stereocenters. The average molecular weight is 479 g/mol. The van der Waals surface area contributed by atoms with Crippen LogP contribution in [0.2, 0.25) is 5.02 Å². The maximum Gasteiger partial charge on any atom is 0.303 e. The number of hydrogen-bond donors (Lipinski definition) is 2. The third-order valence-electron chi connectivity index (χ3n) is 6.00. The van der Waals surface area contributed by atoms with Crippen molar-refractivity contribution in [2.75, 3.05) is 20.3 Å². The van der Waals surface area contributed by atoms with Crippen molar-refractivity contribution in [2.24, 2.45) is 0 Å². The molecule has 2 saturated heterocycles. The highest BCUT2D eigenvalue weighted by Crippen LogP contribution is 2.51. The van der Waals surface area contributed by atoms with Gasteiger partial charge in [-0.05, 0) is 48.7 Å². The van der Waals surface area contributed by atoms with E-state index in [-0.39, 0.29) is 6.61 Å². The predicted molar refractivity (Wildman–Crippen MR) is 118 cm³/mol. The zero-order valence-corrected chi connectivity index (χ0v) is 19.4. The molecule has 0 amide bonds. The van der Waals surface area contributed by atoms with Crippen LogP contribution in [0, 0.1) is 0 Å². The van der Waals surface area contributed by atoms with Gasteiger partial charge in [0.2, 0.25) is 11.6 Å². The molecule has 9 heteroatoms. The number of fused-ring (bicyclic) bond motifs is 2. The fraction of sp³-hybridized carbons (Fsp3) is 0.458. The van der Waals surface area contributed by atoms with Gasteiger partial charge in [-0.15, -0.1) is 0 Å². The minimum atomic E-state index is -1.71. The first-order valence-corrected chi connectivity index (χ1v) is 11.1. The molecule has 2 aromatic carbocycles. The fourth-order valence-electron chi connectivity index (χ4n) is 4.33. The molecule has 4 rings (SSSR count). The van der Waals surface area contributed by atoms with Crippen molar-refractivity contribution in [3.8, 4) is 5.75 Å². The van der Waals surface area contributed by atoms with E-state index in [1.165, 1.54) is 14.0 Å². The van der Waals surface area contributed by atoms with Gasteiger partial charge in [-0.3, -0.25) is 4.79 Å². The molecule has 0 aliphatic carbocycles. The van der Waals surface area contributed by atoms with Gasteiger partial charge in [0, 0.05) is 24.6 Å². The van der Waals surface area contributed by atoms with E-state index < -0.39 is 35.9 Å². The first kappa shape index (κ1) is 23.9. The zero-order valence-electron chi connectivity index (χ0n) is 18.6. The Labute approximate surface area is 196 Å². The second-order valence-corrected chi connectivity index (χ2v) is 8.51. The van der Waals surface area contributed by atoms with Crippen LogP contribution in [0.4, 0.5) is 0 Å². The second kappa shape index (κ2) is 9.21. The molecule has 2 aliphatic rings. The molecule has 0 saturated carbocycles. The summed E-state index contributed by atoms with van der Waals surface area (Å²) >= 11 is 6.47. The van der Waals surface area contributed by atoms with Gasteiger partial charge >= 0.3 is 5.97 Å². The Kier molecular flexibility index (Phi) is 6.68. The molecule has 2 aliphatic heterocycles. The van der Waals surface area contributed by atoms with Crippen molar-refractivity contribution in [3.63, 3.8) is 0 Å². The minimum Gasteiger partial charge on any atom is -0.494 e. The van der Waals surface area contributed by atoms with E-state index in [2.05, 4.69) is 0 Å². The summed E-state index contributed by atoms with van der Waals surface area (Å²) in [7, 11) is 1.35. The van der Waals surface area contributed by atoms with E-state index in [4.69, 9.17) is 35.3 Å². The molecule has 2 heterocycles. The van der Waals surface area contributed by atoms with Gasteiger partial charge in [-0.2, -0.15) is 0 Å². The lowest BCUT2D eigenvalue weighted by Crippen LogP contribution is -2.65. The van der Waals surface area contributed by atoms with Crippen LogP contribution in [0.3, 0.4) is 0 Å². The van der Waals surface area contributed by atoms with Crippen LogP contribution in [-0.4, -0.2) is 60.6 Å². The summed E-state index contributed by atoms with van der Waals surface area (Å²) in [6.07, 6.45) is -3.77. The highest BCUT2D eigenvalue weighted by molar-refractivity contribution is 6.31. The SMILES string of the molecule is CCOc1ccc(Cc2cc(C34OCC(OC)(O3)C(O)C(OC(C)=O)C4O)ccc2Cl)cc1. The van der Waals surface area contributed by atoms with E-state index in [9.17, 15) is 15.0 Å². The van der Waals surface area contributed by atoms with Crippen LogP contribution in [0.15, 0.2) is 42.5 Å². The third-order valence-corrected chi connectivity index (χ3v) is 6.37. The van der Waals surface area contributed by atoms with Crippen molar-refractivity contribution >= 4 is 17.6 Å². The molecule has 2 aromatic rings. The molecule has 2 fully saturated rings. The van der Waals surface area contributed by atoms with Gasteiger partial charge in [0.1, 0.15) is 18.5 Å². The monoisotopic (exact) mass is 478 g/mol. The van der Waals surface area contributed by atoms with E-state index in [1.807, 2.05) is 31.2 Å². The van der Waals surface area contributed by atoms with E-state index in [0.29, 0.717) is 23.6 Å². The lowest BCUT2D eigenvalue weighted by atomic mass is 9.87. The molecule has 2 bridgehead atoms. The molecule has 178 valence electrons. The number of methoxy groups -OCH3 is 1. The second-order valence-electron chi connectivity index (χ2n) is 8.10. The molecule has 33 heavy (non-hydrogen) atoms. The Morgan fingerprint density at radius 1 is 1.18 bits per heavy atom. The van der Waals surface area contributed by atoms with Gasteiger partial charge in [-0.25, -0.2) is 0 Å². The largest absolute Gasteiger partial charge is 0.494 e. The summed E-state index contributed by atoms with van der Waals surface area (Å²) in [6.45, 7) is 3.54. The number of aliphatic hydroxyl groups excluding tert-OH is 2. The lowest BCUT2D eigenvalue weighted by Gasteiger charge is -2.46. The topological polar surface area (TPSA) is 104 Å². The highest BCUT2D eigenvalue weighted by atomic mass is 35.5. The summed E-state index contributed by atoms with van der Waals surface area (Å²) in [5.41, 5.74) is 2.24. The number of halogens is 1. The predicted octanol–water partition coefficient (Wildman–Crippen LogP) is 2.54. The Morgan fingerprint density at radius 3 is 2.55 bits per heavy atom. The number of benzene rings is 2. The molecular formula is C24H27ClO8. The van der Waals surface area contributed by atoms with Crippen LogP contribution in [0.25, 0.3) is 0 Å². The van der Waals surface area contributed by atoms with E-state index in [1.54, 1.807) is 18.2 Å². The van der Waals surface area contributed by atoms with E-state index >= 15 is 0 Å². The maximum atomic E-state index is 11.6. The average Bonchev–Trinajstić information content (AvgIpc) is 3.18. The number of carbonyl (C=O) groups is 1. The van der Waals surface area contributed by atoms with Crippen LogP contribution >= 0.6 is 11.6 Å². The molecule has 8 nitrogen and oxygen atoms in total. The van der Waals surface area contributed by atoms with Crippen LogP contribution in [-0.2, 0) is 35.9 Å². The molecule has 0 spiro atoms. The smallest absolute Gasteiger partial charge is 0.303 e. The normalized spacial score (nSPS) is 30.8. The minimum absolute atomic E-state index is 0.170. The molecule has 0 aromatic heterocycles. The standard InChI is InChI=1S/C24H27ClO8/c1-4-30-18-8-5-15(6-9-18)11-16-12-17(7-10-19(16)25)24-22(28)20(32-14(2)26)21(27)23(29-3,33-24)13-31-24/h5-10,12,20-22,27-28H,4,11,13H2,1-3H3. The number of rotatable bonds is 7. The lowest BCUT2D eigenvalue weighted by molar-refractivity contribution is -0.375. The van der Waals surface area contributed by atoms with Crippen molar-refractivity contribution in [2.45, 2.75) is 50.2 Å². The molecule has 0 radical (unpaired) electrons. The van der Waals surface area contributed by atoms with Gasteiger partial charge in [0.05, 0.1) is 6.61 Å². The van der Waals surface area contributed by atoms with Crippen molar-refractivity contribution < 1.29 is 38.7 Å². The summed E-state index contributed by atoms with van der Waals surface area (Å²) in [5, 5.41) is 22.4. The number of carbonyl (C=O) groups excluding carboxylic acids is 1. The van der Waals surface area contributed by atoms with Crippen molar-refractivity contribution in [3.05, 3.63) is 64.2 Å². The molecular weight excluding hydrogens is 452 g/mol. The van der Waals surface area contributed by atoms with Crippen molar-refractivity contribution in [1.82, 2.24) is 0 Å². The van der Waals surface area contributed by atoms with Gasteiger partial charge in [-0.1, -0.05) is 29.8 Å². The number of aliphatic hydroxyl groups is 2. The summed E-state index contributed by atoms with van der Waals surface area (Å²) in [4.78, 5) is 11.6. The van der Waals surface area contributed by atoms with Crippen LogP contribution < -0.4 is 4.74 Å².